The molecule has 1 saturated heterocycles. The van der Waals surface area contributed by atoms with Crippen molar-refractivity contribution >= 4 is 11.7 Å². The molecule has 0 aromatic carbocycles. The van der Waals surface area contributed by atoms with Crippen molar-refractivity contribution in [3.05, 3.63) is 41.2 Å². The Bertz CT molecular complexity index is 1040. The number of carbonyl (C=O) groups excluding carboxylic acids is 1. The molecule has 0 spiro atoms. The van der Waals surface area contributed by atoms with Crippen LogP contribution in [0.2, 0.25) is 0 Å². The maximum Gasteiger partial charge on any atom is 0.453 e. The Kier molecular flexibility index (Phi) is 4.31. The molecule has 0 aliphatic carbocycles. The lowest BCUT2D eigenvalue weighted by Crippen LogP contribution is -2.39. The summed E-state index contributed by atoms with van der Waals surface area (Å²) in [5.74, 6) is -1.61. The lowest BCUT2D eigenvalue weighted by molar-refractivity contribution is -0.144. The number of halogens is 3. The van der Waals surface area contributed by atoms with Crippen molar-refractivity contribution in [1.82, 2.24) is 34.3 Å². The molecule has 28 heavy (non-hydrogen) atoms. The maximum atomic E-state index is 13.0. The minimum absolute atomic E-state index is 0.101. The monoisotopic (exact) mass is 393 g/mol. The Morgan fingerprint density at radius 1 is 1.29 bits per heavy atom. The van der Waals surface area contributed by atoms with Gasteiger partial charge in [0.25, 0.3) is 17.5 Å². The van der Waals surface area contributed by atoms with Crippen molar-refractivity contribution in [2.75, 3.05) is 13.1 Å². The Morgan fingerprint density at radius 2 is 2.07 bits per heavy atom. The highest BCUT2D eigenvalue weighted by molar-refractivity contribution is 5.95. The van der Waals surface area contributed by atoms with Gasteiger partial charge in [0.15, 0.2) is 0 Å². The molecule has 1 amide bonds. The topological polar surface area (TPSA) is 81.2 Å². The van der Waals surface area contributed by atoms with Gasteiger partial charge in [-0.25, -0.2) is 9.50 Å². The Balaban J connectivity index is 1.64. The normalized spacial score (nSPS) is 18.0. The molecule has 0 radical (unpaired) electrons. The molecule has 3 aromatic heterocycles. The summed E-state index contributed by atoms with van der Waals surface area (Å²) in [7, 11) is 1.75. The molecule has 11 heteroatoms. The van der Waals surface area contributed by atoms with Crippen molar-refractivity contribution in [3.63, 3.8) is 0 Å². The quantitative estimate of drug-likeness (QED) is 0.667. The predicted molar refractivity (Wildman–Crippen MR) is 91.6 cm³/mol. The summed E-state index contributed by atoms with van der Waals surface area (Å²) in [4.78, 5) is 22.0. The van der Waals surface area contributed by atoms with Gasteiger partial charge in [-0.3, -0.25) is 9.48 Å². The van der Waals surface area contributed by atoms with Gasteiger partial charge in [-0.15, -0.1) is 5.10 Å². The number of aromatic nitrogens is 6. The van der Waals surface area contributed by atoms with E-state index in [1.807, 2.05) is 0 Å². The van der Waals surface area contributed by atoms with Crippen LogP contribution in [-0.2, 0) is 13.2 Å². The van der Waals surface area contributed by atoms with Crippen molar-refractivity contribution in [1.29, 1.82) is 0 Å². The summed E-state index contributed by atoms with van der Waals surface area (Å²) in [6, 6.07) is 1.63. The van der Waals surface area contributed by atoms with Gasteiger partial charge in [0.05, 0.1) is 17.0 Å². The number of fused-ring (bicyclic) bond motifs is 1. The summed E-state index contributed by atoms with van der Waals surface area (Å²) in [6.07, 6.45) is -0.0711. The van der Waals surface area contributed by atoms with E-state index in [-0.39, 0.29) is 17.6 Å². The number of nitrogens with zero attached hydrogens (tertiary/aromatic N) is 7. The minimum atomic E-state index is -4.64. The van der Waals surface area contributed by atoms with Crippen LogP contribution in [0.4, 0.5) is 13.2 Å². The van der Waals surface area contributed by atoms with Crippen LogP contribution in [0.3, 0.4) is 0 Å². The fourth-order valence-corrected chi connectivity index (χ4v) is 3.62. The van der Waals surface area contributed by atoms with E-state index >= 15 is 0 Å². The summed E-state index contributed by atoms with van der Waals surface area (Å²) in [6.45, 7) is 2.74. The number of hydrogen-bond acceptors (Lipinski definition) is 5. The third kappa shape index (κ3) is 3.20. The highest BCUT2D eigenvalue weighted by Crippen LogP contribution is 2.30. The SMILES string of the molecule is Cc1nn(C)cc1C(=O)N1CCCC(c2ccnc3nc(C(F)(F)F)nn23)C1. The first-order valence-electron chi connectivity index (χ1n) is 8.82. The van der Waals surface area contributed by atoms with Crippen LogP contribution >= 0.6 is 0 Å². The van der Waals surface area contributed by atoms with E-state index in [1.54, 1.807) is 35.8 Å². The van der Waals surface area contributed by atoms with Gasteiger partial charge in [-0.1, -0.05) is 0 Å². The fraction of sp³-hybridized carbons (Fsp3) is 0.471. The second kappa shape index (κ2) is 6.57. The first kappa shape index (κ1) is 18.4. The largest absolute Gasteiger partial charge is 0.453 e. The first-order chi connectivity index (χ1) is 13.2. The number of hydrogen-bond donors (Lipinski definition) is 0. The predicted octanol–water partition coefficient (Wildman–Crippen LogP) is 2.20. The number of rotatable bonds is 2. The maximum absolute atomic E-state index is 13.0. The molecule has 1 aliphatic rings. The first-order valence-corrected chi connectivity index (χ1v) is 8.82. The Hall–Kier alpha value is -2.98. The number of aryl methyl sites for hydroxylation is 2. The molecule has 8 nitrogen and oxygen atoms in total. The van der Waals surface area contributed by atoms with Crippen LogP contribution in [0, 0.1) is 6.92 Å². The van der Waals surface area contributed by atoms with Crippen molar-refractivity contribution in [2.45, 2.75) is 31.9 Å². The van der Waals surface area contributed by atoms with E-state index in [4.69, 9.17) is 0 Å². The van der Waals surface area contributed by atoms with Gasteiger partial charge < -0.3 is 4.90 Å². The number of piperidine rings is 1. The average Bonchev–Trinajstić information content (AvgIpc) is 3.23. The third-order valence-corrected chi connectivity index (χ3v) is 4.89. The molecular formula is C17H18F3N7O. The number of likely N-dealkylation sites (tertiary alicyclic amines) is 1. The van der Waals surface area contributed by atoms with E-state index in [0.29, 0.717) is 30.0 Å². The van der Waals surface area contributed by atoms with Crippen LogP contribution in [0.25, 0.3) is 5.78 Å². The Labute approximate surface area is 158 Å². The van der Waals surface area contributed by atoms with Gasteiger partial charge in [0, 0.05) is 38.4 Å². The zero-order valence-electron chi connectivity index (χ0n) is 15.3. The van der Waals surface area contributed by atoms with E-state index < -0.39 is 12.0 Å². The molecular weight excluding hydrogens is 375 g/mol. The molecule has 4 heterocycles. The number of alkyl halides is 3. The van der Waals surface area contributed by atoms with E-state index in [1.165, 1.54) is 6.20 Å². The molecule has 1 aliphatic heterocycles. The summed E-state index contributed by atoms with van der Waals surface area (Å²) in [5, 5.41) is 7.81. The third-order valence-electron chi connectivity index (χ3n) is 4.89. The van der Waals surface area contributed by atoms with Crippen molar-refractivity contribution in [3.8, 4) is 0 Å². The standard InChI is InChI=1S/C17H18F3N7O/c1-10-12(9-25(2)23-10)14(28)26-7-3-4-11(8-26)13-5-6-21-16-22-15(17(18,19)20)24-27(13)16/h5-6,9,11H,3-4,7-8H2,1-2H3. The number of carbonyl (C=O) groups is 1. The summed E-state index contributed by atoms with van der Waals surface area (Å²) < 4.78 is 41.6. The summed E-state index contributed by atoms with van der Waals surface area (Å²) in [5.41, 5.74) is 1.74. The highest BCUT2D eigenvalue weighted by Gasteiger charge is 2.37. The average molecular weight is 393 g/mol. The molecule has 1 atom stereocenters. The van der Waals surface area contributed by atoms with Crippen LogP contribution in [0.5, 0.6) is 0 Å². The molecule has 0 bridgehead atoms. The van der Waals surface area contributed by atoms with Gasteiger partial charge in [0.2, 0.25) is 0 Å². The van der Waals surface area contributed by atoms with Crippen molar-refractivity contribution < 1.29 is 18.0 Å². The minimum Gasteiger partial charge on any atom is -0.338 e. The number of amides is 1. The van der Waals surface area contributed by atoms with Crippen LogP contribution in [0.15, 0.2) is 18.5 Å². The second-order valence-electron chi connectivity index (χ2n) is 6.91. The molecule has 0 saturated carbocycles. The molecule has 3 aromatic rings. The van der Waals surface area contributed by atoms with Crippen LogP contribution in [-0.4, -0.2) is 53.3 Å². The van der Waals surface area contributed by atoms with Crippen molar-refractivity contribution in [2.24, 2.45) is 7.05 Å². The molecule has 0 N–H and O–H groups in total. The van der Waals surface area contributed by atoms with Gasteiger partial charge in [0.1, 0.15) is 0 Å². The fourth-order valence-electron chi connectivity index (χ4n) is 3.62. The molecule has 1 unspecified atom stereocenters. The van der Waals surface area contributed by atoms with Gasteiger partial charge >= 0.3 is 6.18 Å². The van der Waals surface area contributed by atoms with Gasteiger partial charge in [-0.05, 0) is 25.8 Å². The lowest BCUT2D eigenvalue weighted by atomic mass is 9.94. The van der Waals surface area contributed by atoms with Crippen LogP contribution in [0.1, 0.15) is 46.3 Å². The highest BCUT2D eigenvalue weighted by atomic mass is 19.4. The van der Waals surface area contributed by atoms with Gasteiger partial charge in [-0.2, -0.15) is 23.3 Å². The van der Waals surface area contributed by atoms with Crippen LogP contribution < -0.4 is 0 Å². The summed E-state index contributed by atoms with van der Waals surface area (Å²) >= 11 is 0. The van der Waals surface area contributed by atoms with E-state index in [2.05, 4.69) is 20.2 Å². The molecule has 4 rings (SSSR count). The smallest absolute Gasteiger partial charge is 0.338 e. The zero-order valence-corrected chi connectivity index (χ0v) is 15.3. The molecule has 148 valence electrons. The Morgan fingerprint density at radius 3 is 2.75 bits per heavy atom. The van der Waals surface area contributed by atoms with E-state index in [0.717, 1.165) is 17.4 Å². The zero-order chi connectivity index (χ0) is 20.1. The molecule has 1 fully saturated rings. The second-order valence-corrected chi connectivity index (χ2v) is 6.91. The van der Waals surface area contributed by atoms with E-state index in [9.17, 15) is 18.0 Å². The lowest BCUT2D eigenvalue weighted by Gasteiger charge is -2.32.